The van der Waals surface area contributed by atoms with Crippen molar-refractivity contribution in [3.05, 3.63) is 17.3 Å². The Morgan fingerprint density at radius 2 is 2.21 bits per heavy atom. The zero-order chi connectivity index (χ0) is 13.5. The van der Waals surface area contributed by atoms with E-state index in [0.717, 1.165) is 37.9 Å². The molecule has 4 nitrogen and oxygen atoms in total. The van der Waals surface area contributed by atoms with Gasteiger partial charge in [0.15, 0.2) is 5.82 Å². The second-order valence-electron chi connectivity index (χ2n) is 6.52. The number of allylic oxidation sites excluding steroid dienone is 2. The van der Waals surface area contributed by atoms with Gasteiger partial charge in [0, 0.05) is 5.92 Å². The van der Waals surface area contributed by atoms with Gasteiger partial charge >= 0.3 is 0 Å². The molecule has 1 heterocycles. The number of hydrogen-bond donors (Lipinski definition) is 0. The molecule has 0 aliphatic heterocycles. The summed E-state index contributed by atoms with van der Waals surface area (Å²) < 4.78 is 5.30. The Kier molecular flexibility index (Phi) is 2.93. The summed E-state index contributed by atoms with van der Waals surface area (Å²) in [5.41, 5.74) is 2.08. The topological polar surface area (TPSA) is 62.7 Å². The maximum Gasteiger partial charge on any atom is 0.268 e. The van der Waals surface area contributed by atoms with Crippen LogP contribution in [0.15, 0.2) is 10.1 Å². The van der Waals surface area contributed by atoms with E-state index in [0.29, 0.717) is 17.4 Å². The van der Waals surface area contributed by atoms with Crippen LogP contribution in [0.2, 0.25) is 0 Å². The molecule has 0 unspecified atom stereocenters. The third-order valence-electron chi connectivity index (χ3n) is 4.09. The summed E-state index contributed by atoms with van der Waals surface area (Å²) in [5.74, 6) is 1.67. The summed E-state index contributed by atoms with van der Waals surface area (Å²) in [7, 11) is 0. The smallest absolute Gasteiger partial charge is 0.268 e. The molecule has 0 spiro atoms. The molecule has 2 aliphatic rings. The molecule has 1 aromatic heterocycles. The monoisotopic (exact) mass is 257 g/mol. The van der Waals surface area contributed by atoms with Crippen LogP contribution in [0.5, 0.6) is 0 Å². The average molecular weight is 257 g/mol. The molecule has 0 atom stereocenters. The third kappa shape index (κ3) is 2.56. The van der Waals surface area contributed by atoms with Crippen molar-refractivity contribution in [3.8, 4) is 6.07 Å². The van der Waals surface area contributed by atoms with E-state index in [4.69, 9.17) is 4.52 Å². The van der Waals surface area contributed by atoms with Gasteiger partial charge in [-0.15, -0.1) is 0 Å². The fraction of sp³-hybridized carbons (Fsp3) is 0.667. The van der Waals surface area contributed by atoms with Gasteiger partial charge in [-0.3, -0.25) is 0 Å². The number of hydrogen-bond acceptors (Lipinski definition) is 4. The minimum atomic E-state index is 0.273. The Morgan fingerprint density at radius 1 is 1.42 bits per heavy atom. The lowest BCUT2D eigenvalue weighted by Crippen LogP contribution is -2.17. The molecule has 0 saturated heterocycles. The second-order valence-corrected chi connectivity index (χ2v) is 6.52. The number of nitrogens with zero attached hydrogens (tertiary/aromatic N) is 3. The molecule has 2 aliphatic carbocycles. The van der Waals surface area contributed by atoms with Crippen molar-refractivity contribution in [2.24, 2.45) is 5.41 Å². The fourth-order valence-corrected chi connectivity index (χ4v) is 2.87. The predicted octanol–water partition coefficient (Wildman–Crippen LogP) is 3.82. The van der Waals surface area contributed by atoms with E-state index in [1.54, 1.807) is 0 Å². The van der Waals surface area contributed by atoms with Crippen LogP contribution in [0.4, 0.5) is 0 Å². The van der Waals surface area contributed by atoms with Crippen molar-refractivity contribution < 1.29 is 4.52 Å². The summed E-state index contributed by atoms with van der Waals surface area (Å²) in [6.07, 6.45) is 6.57. The van der Waals surface area contributed by atoms with Crippen LogP contribution < -0.4 is 0 Å². The Bertz CT molecular complexity index is 558. The summed E-state index contributed by atoms with van der Waals surface area (Å²) in [5, 5.41) is 13.4. The molecule has 0 aromatic carbocycles. The maximum atomic E-state index is 9.43. The average Bonchev–Trinajstić information content (AvgIpc) is 3.09. The predicted molar refractivity (Wildman–Crippen MR) is 71.1 cm³/mol. The summed E-state index contributed by atoms with van der Waals surface area (Å²) in [6.45, 7) is 4.51. The van der Waals surface area contributed by atoms with Gasteiger partial charge in [0.25, 0.3) is 5.89 Å². The molecule has 0 radical (unpaired) electrons. The molecule has 0 amide bonds. The minimum Gasteiger partial charge on any atom is -0.333 e. The fourth-order valence-electron chi connectivity index (χ4n) is 2.87. The van der Waals surface area contributed by atoms with Crippen molar-refractivity contribution in [3.63, 3.8) is 0 Å². The van der Waals surface area contributed by atoms with Gasteiger partial charge in [0.1, 0.15) is 11.6 Å². The second kappa shape index (κ2) is 4.48. The van der Waals surface area contributed by atoms with Crippen LogP contribution in [-0.2, 0) is 0 Å². The lowest BCUT2D eigenvalue weighted by atomic mass is 9.74. The molecule has 1 aromatic rings. The maximum absolute atomic E-state index is 9.43. The van der Waals surface area contributed by atoms with Crippen LogP contribution in [0, 0.1) is 16.7 Å². The first-order valence-electron chi connectivity index (χ1n) is 7.05. The van der Waals surface area contributed by atoms with Gasteiger partial charge in [-0.2, -0.15) is 10.2 Å². The molecular formula is C15H19N3O. The van der Waals surface area contributed by atoms with Gasteiger partial charge in [-0.25, -0.2) is 0 Å². The molecule has 19 heavy (non-hydrogen) atoms. The van der Waals surface area contributed by atoms with E-state index in [9.17, 15) is 5.26 Å². The molecule has 0 N–H and O–H groups in total. The van der Waals surface area contributed by atoms with Crippen molar-refractivity contribution in [2.75, 3.05) is 0 Å². The van der Waals surface area contributed by atoms with Crippen LogP contribution in [0.1, 0.15) is 70.0 Å². The highest BCUT2D eigenvalue weighted by atomic mass is 16.5. The quantitative estimate of drug-likeness (QED) is 0.755. The number of nitriles is 1. The Balaban J connectivity index is 1.92. The van der Waals surface area contributed by atoms with Crippen LogP contribution in [-0.4, -0.2) is 10.1 Å². The number of aromatic nitrogens is 2. The van der Waals surface area contributed by atoms with E-state index < -0.39 is 0 Å². The highest BCUT2D eigenvalue weighted by molar-refractivity contribution is 5.74. The minimum absolute atomic E-state index is 0.273. The van der Waals surface area contributed by atoms with Crippen LogP contribution >= 0.6 is 0 Å². The molecular weight excluding hydrogens is 238 g/mol. The number of rotatable bonds is 2. The van der Waals surface area contributed by atoms with Gasteiger partial charge in [-0.1, -0.05) is 19.0 Å². The zero-order valence-corrected chi connectivity index (χ0v) is 11.6. The van der Waals surface area contributed by atoms with Gasteiger partial charge in [0.05, 0.1) is 0 Å². The highest BCUT2D eigenvalue weighted by Crippen LogP contribution is 2.42. The zero-order valence-electron chi connectivity index (χ0n) is 11.6. The normalized spacial score (nSPS) is 24.9. The largest absolute Gasteiger partial charge is 0.333 e. The summed E-state index contributed by atoms with van der Waals surface area (Å²) in [6, 6.07) is 2.28. The Morgan fingerprint density at radius 3 is 2.84 bits per heavy atom. The van der Waals surface area contributed by atoms with Crippen LogP contribution in [0.25, 0.3) is 5.57 Å². The standard InChI is InChI=1S/C15H19N3O/c1-15(2)7-3-4-11(8-15)12(9-16)14-17-13(18-19-14)10-5-6-10/h10H,3-8H2,1-2H3. The van der Waals surface area contributed by atoms with Crippen molar-refractivity contribution >= 4 is 5.57 Å². The molecule has 4 heteroatoms. The molecule has 100 valence electrons. The SMILES string of the molecule is CC1(C)CCCC(=C(C#N)c2nc(C3CC3)no2)C1. The van der Waals surface area contributed by atoms with Gasteiger partial charge in [-0.05, 0) is 49.5 Å². The lowest BCUT2D eigenvalue weighted by Gasteiger charge is -2.31. The molecule has 3 rings (SSSR count). The Hall–Kier alpha value is -1.63. The van der Waals surface area contributed by atoms with E-state index in [1.807, 2.05) is 0 Å². The van der Waals surface area contributed by atoms with E-state index >= 15 is 0 Å². The summed E-state index contributed by atoms with van der Waals surface area (Å²) in [4.78, 5) is 4.41. The van der Waals surface area contributed by atoms with E-state index in [-0.39, 0.29) is 5.41 Å². The molecule has 2 saturated carbocycles. The van der Waals surface area contributed by atoms with Crippen molar-refractivity contribution in [1.82, 2.24) is 10.1 Å². The van der Waals surface area contributed by atoms with E-state index in [1.165, 1.54) is 12.0 Å². The first-order chi connectivity index (χ1) is 9.09. The molecule has 2 fully saturated rings. The van der Waals surface area contributed by atoms with Gasteiger partial charge in [0.2, 0.25) is 0 Å². The third-order valence-corrected chi connectivity index (χ3v) is 4.09. The first kappa shape index (κ1) is 12.4. The first-order valence-corrected chi connectivity index (χ1v) is 7.05. The highest BCUT2D eigenvalue weighted by Gasteiger charge is 2.31. The van der Waals surface area contributed by atoms with Crippen LogP contribution in [0.3, 0.4) is 0 Å². The van der Waals surface area contributed by atoms with Crippen molar-refractivity contribution in [2.45, 2.75) is 58.3 Å². The van der Waals surface area contributed by atoms with E-state index in [2.05, 4.69) is 30.1 Å². The Labute approximate surface area is 113 Å². The van der Waals surface area contributed by atoms with Gasteiger partial charge < -0.3 is 4.52 Å². The van der Waals surface area contributed by atoms with Crippen molar-refractivity contribution in [1.29, 1.82) is 5.26 Å². The summed E-state index contributed by atoms with van der Waals surface area (Å²) >= 11 is 0. The molecule has 0 bridgehead atoms. The lowest BCUT2D eigenvalue weighted by molar-refractivity contribution is 0.289.